The zero-order valence-corrected chi connectivity index (χ0v) is 16.0. The highest BCUT2D eigenvalue weighted by Crippen LogP contribution is 2.35. The third-order valence-electron chi connectivity index (χ3n) is 2.91. The van der Waals surface area contributed by atoms with Crippen LogP contribution in [0.25, 0.3) is 0 Å². The summed E-state index contributed by atoms with van der Waals surface area (Å²) in [4.78, 5) is 11.9. The predicted molar refractivity (Wildman–Crippen MR) is 94.5 cm³/mol. The van der Waals surface area contributed by atoms with Crippen LogP contribution in [0.2, 0.25) is 4.34 Å². The number of halogens is 3. The Bertz CT molecular complexity index is 675. The SMILES string of the molecule is COC(=O)c1cc(Br)cc(Br)c1NC(C)c1csc(Cl)c1. The van der Waals surface area contributed by atoms with E-state index in [-0.39, 0.29) is 6.04 Å². The minimum absolute atomic E-state index is 0.00892. The van der Waals surface area contributed by atoms with Gasteiger partial charge >= 0.3 is 5.97 Å². The molecule has 2 rings (SSSR count). The summed E-state index contributed by atoms with van der Waals surface area (Å²) >= 11 is 14.3. The smallest absolute Gasteiger partial charge is 0.340 e. The lowest BCUT2D eigenvalue weighted by Gasteiger charge is -2.18. The van der Waals surface area contributed by atoms with Gasteiger partial charge < -0.3 is 10.1 Å². The van der Waals surface area contributed by atoms with E-state index < -0.39 is 5.97 Å². The van der Waals surface area contributed by atoms with E-state index in [0.717, 1.165) is 18.8 Å². The number of anilines is 1. The molecule has 1 unspecified atom stereocenters. The predicted octanol–water partition coefficient (Wildman–Crippen LogP) is 5.89. The Morgan fingerprint density at radius 2 is 2.10 bits per heavy atom. The van der Waals surface area contributed by atoms with E-state index >= 15 is 0 Å². The van der Waals surface area contributed by atoms with E-state index in [0.29, 0.717) is 11.3 Å². The lowest BCUT2D eigenvalue weighted by atomic mass is 10.1. The molecule has 2 aromatic rings. The number of ether oxygens (including phenoxy) is 1. The minimum Gasteiger partial charge on any atom is -0.465 e. The highest BCUT2D eigenvalue weighted by molar-refractivity contribution is 9.11. The number of nitrogens with one attached hydrogen (secondary N) is 1. The highest BCUT2D eigenvalue weighted by atomic mass is 79.9. The summed E-state index contributed by atoms with van der Waals surface area (Å²) in [5.41, 5.74) is 2.22. The van der Waals surface area contributed by atoms with Crippen molar-refractivity contribution in [1.29, 1.82) is 0 Å². The summed E-state index contributed by atoms with van der Waals surface area (Å²) in [5.74, 6) is -0.393. The van der Waals surface area contributed by atoms with Crippen molar-refractivity contribution in [2.45, 2.75) is 13.0 Å². The van der Waals surface area contributed by atoms with Crippen LogP contribution in [0.1, 0.15) is 28.9 Å². The summed E-state index contributed by atoms with van der Waals surface area (Å²) < 4.78 is 7.16. The van der Waals surface area contributed by atoms with Gasteiger partial charge in [0.05, 0.1) is 22.7 Å². The third-order valence-corrected chi connectivity index (χ3v) is 5.10. The number of benzene rings is 1. The van der Waals surface area contributed by atoms with Gasteiger partial charge in [0.15, 0.2) is 0 Å². The Hall–Kier alpha value is -0.560. The van der Waals surface area contributed by atoms with Crippen LogP contribution in [0.4, 0.5) is 5.69 Å². The van der Waals surface area contributed by atoms with Crippen molar-refractivity contribution in [2.24, 2.45) is 0 Å². The average Bonchev–Trinajstić information content (AvgIpc) is 2.87. The van der Waals surface area contributed by atoms with Gasteiger partial charge in [0.25, 0.3) is 0 Å². The van der Waals surface area contributed by atoms with Gasteiger partial charge in [-0.1, -0.05) is 27.5 Å². The van der Waals surface area contributed by atoms with Gasteiger partial charge in [-0.15, -0.1) is 11.3 Å². The Kier molecular flexibility index (Phi) is 5.71. The van der Waals surface area contributed by atoms with Gasteiger partial charge in [-0.3, -0.25) is 0 Å². The monoisotopic (exact) mass is 451 g/mol. The Labute approximate surface area is 148 Å². The lowest BCUT2D eigenvalue weighted by molar-refractivity contribution is 0.0601. The summed E-state index contributed by atoms with van der Waals surface area (Å²) in [5, 5.41) is 5.32. The number of esters is 1. The Balaban J connectivity index is 2.36. The van der Waals surface area contributed by atoms with Gasteiger partial charge in [0, 0.05) is 15.0 Å². The van der Waals surface area contributed by atoms with Gasteiger partial charge in [0.1, 0.15) is 0 Å². The van der Waals surface area contributed by atoms with Crippen LogP contribution in [0, 0.1) is 0 Å². The van der Waals surface area contributed by atoms with E-state index in [1.54, 1.807) is 6.07 Å². The van der Waals surface area contributed by atoms with Crippen LogP contribution < -0.4 is 5.32 Å². The maximum atomic E-state index is 11.9. The van der Waals surface area contributed by atoms with Crippen LogP contribution in [-0.2, 0) is 4.74 Å². The normalized spacial score (nSPS) is 12.0. The molecule has 0 fully saturated rings. The van der Waals surface area contributed by atoms with Gasteiger partial charge in [-0.05, 0) is 52.0 Å². The second kappa shape index (κ2) is 7.13. The molecule has 21 heavy (non-hydrogen) atoms. The zero-order valence-electron chi connectivity index (χ0n) is 11.2. The fourth-order valence-corrected chi connectivity index (χ4v) is 4.17. The van der Waals surface area contributed by atoms with Crippen LogP contribution in [-0.4, -0.2) is 13.1 Å². The number of methoxy groups -OCH3 is 1. The van der Waals surface area contributed by atoms with Crippen molar-refractivity contribution in [3.8, 4) is 0 Å². The van der Waals surface area contributed by atoms with Crippen molar-refractivity contribution in [1.82, 2.24) is 0 Å². The zero-order chi connectivity index (χ0) is 15.6. The molecule has 0 spiro atoms. The van der Waals surface area contributed by atoms with Crippen molar-refractivity contribution in [2.75, 3.05) is 12.4 Å². The molecule has 1 N–H and O–H groups in total. The first kappa shape index (κ1) is 16.8. The Morgan fingerprint density at radius 3 is 2.67 bits per heavy atom. The lowest BCUT2D eigenvalue weighted by Crippen LogP contribution is -2.12. The molecule has 7 heteroatoms. The fraction of sp³-hybridized carbons (Fsp3) is 0.214. The molecule has 3 nitrogen and oxygen atoms in total. The first-order valence-electron chi connectivity index (χ1n) is 6.00. The number of carbonyl (C=O) groups is 1. The van der Waals surface area contributed by atoms with Crippen LogP contribution >= 0.6 is 54.8 Å². The topological polar surface area (TPSA) is 38.3 Å². The molecule has 0 bridgehead atoms. The highest BCUT2D eigenvalue weighted by Gasteiger charge is 2.18. The molecular weight excluding hydrogens is 441 g/mol. The number of rotatable bonds is 4. The number of hydrogen-bond acceptors (Lipinski definition) is 4. The van der Waals surface area contributed by atoms with Gasteiger partial charge in [-0.25, -0.2) is 4.79 Å². The molecule has 1 aromatic heterocycles. The summed E-state index contributed by atoms with van der Waals surface area (Å²) in [6, 6.07) is 5.53. The molecule has 1 atom stereocenters. The first-order valence-corrected chi connectivity index (χ1v) is 8.84. The van der Waals surface area contributed by atoms with Crippen LogP contribution in [0.3, 0.4) is 0 Å². The summed E-state index contributed by atoms with van der Waals surface area (Å²) in [7, 11) is 1.36. The largest absolute Gasteiger partial charge is 0.465 e. The number of thiophene rings is 1. The van der Waals surface area contributed by atoms with E-state index in [1.807, 2.05) is 24.4 Å². The van der Waals surface area contributed by atoms with Gasteiger partial charge in [-0.2, -0.15) is 0 Å². The molecule has 0 saturated carbocycles. The minimum atomic E-state index is -0.393. The molecule has 1 aromatic carbocycles. The molecule has 0 amide bonds. The van der Waals surface area contributed by atoms with Crippen molar-refractivity contribution < 1.29 is 9.53 Å². The molecule has 0 saturated heterocycles. The van der Waals surface area contributed by atoms with Gasteiger partial charge in [0.2, 0.25) is 0 Å². The molecule has 0 aliphatic heterocycles. The molecular formula is C14H12Br2ClNO2S. The van der Waals surface area contributed by atoms with Crippen LogP contribution in [0.15, 0.2) is 32.5 Å². The van der Waals surface area contributed by atoms with Crippen molar-refractivity contribution >= 4 is 66.5 Å². The fourth-order valence-electron chi connectivity index (χ4n) is 1.84. The molecule has 112 valence electrons. The maximum absolute atomic E-state index is 11.9. The molecule has 0 aliphatic carbocycles. The van der Waals surface area contributed by atoms with Crippen LogP contribution in [0.5, 0.6) is 0 Å². The Morgan fingerprint density at radius 1 is 1.38 bits per heavy atom. The second-order valence-electron chi connectivity index (χ2n) is 4.35. The average molecular weight is 454 g/mol. The van der Waals surface area contributed by atoms with Crippen molar-refractivity contribution in [3.63, 3.8) is 0 Å². The molecule has 0 radical (unpaired) electrons. The van der Waals surface area contributed by atoms with E-state index in [2.05, 4.69) is 37.2 Å². The van der Waals surface area contributed by atoms with E-state index in [4.69, 9.17) is 16.3 Å². The quantitative estimate of drug-likeness (QED) is 0.587. The summed E-state index contributed by atoms with van der Waals surface area (Å²) in [6.45, 7) is 2.01. The first-order chi connectivity index (χ1) is 9.92. The second-order valence-corrected chi connectivity index (χ2v) is 7.66. The molecule has 0 aliphatic rings. The van der Waals surface area contributed by atoms with E-state index in [9.17, 15) is 4.79 Å². The number of carbonyl (C=O) groups excluding carboxylic acids is 1. The summed E-state index contributed by atoms with van der Waals surface area (Å²) in [6.07, 6.45) is 0. The maximum Gasteiger partial charge on any atom is 0.340 e. The van der Waals surface area contributed by atoms with Crippen molar-refractivity contribution in [3.05, 3.63) is 48.0 Å². The third kappa shape index (κ3) is 4.00. The molecule has 1 heterocycles. The number of hydrogen-bond donors (Lipinski definition) is 1. The van der Waals surface area contributed by atoms with E-state index in [1.165, 1.54) is 18.4 Å². The standard InChI is InChI=1S/C14H12Br2ClNO2S/c1-7(8-3-12(17)21-6-8)18-13-10(14(19)20-2)4-9(15)5-11(13)16/h3-7,18H,1-2H3.